The SMILES string of the molecule is COCOc1cc(-c2oc3cc(C)ccc3c(=O)c2OCOC)ccc1O.COCOc1cc(-c2oc3cc(C)ccc3c(=O)c2OCOC)ccc1OCCO.COCOc1cc(-c2oc3cc(C)ccc3c(=O)c2OCOC)ccc1OCCOS(=O)(=O)c1ccc(C)cc1.O=CO[O-].OCCBr.[Cs+].[Cs+].[H-]. The molecule has 0 saturated heterocycles. The summed E-state index contributed by atoms with van der Waals surface area (Å²) in [7, 11) is 4.89. The molecule has 33 heteroatoms. The minimum Gasteiger partial charge on any atom is -1.00 e. The summed E-state index contributed by atoms with van der Waals surface area (Å²) in [6.45, 7) is 6.78. The minimum absolute atomic E-state index is 0. The van der Waals surface area contributed by atoms with Gasteiger partial charge in [0.15, 0.2) is 92.5 Å². The van der Waals surface area contributed by atoms with Gasteiger partial charge in [0.25, 0.3) is 16.6 Å². The Morgan fingerprint density at radius 3 is 1.10 bits per heavy atom. The fraction of sp³-hybridized carbons (Fsp3) is 0.297. The van der Waals surface area contributed by atoms with Gasteiger partial charge in [-0.2, -0.15) is 8.42 Å². The summed E-state index contributed by atoms with van der Waals surface area (Å²) in [6, 6.07) is 36.8. The predicted molar refractivity (Wildman–Crippen MR) is 386 cm³/mol. The second kappa shape index (κ2) is 49.3. The molecule has 3 heterocycles. The zero-order valence-corrected chi connectivity index (χ0v) is 76.0. The van der Waals surface area contributed by atoms with Gasteiger partial charge < -0.3 is 106 Å². The van der Waals surface area contributed by atoms with E-state index in [4.69, 9.17) is 104 Å². The van der Waals surface area contributed by atoms with Gasteiger partial charge in [0, 0.05) is 64.7 Å². The molecule has 0 aliphatic rings. The number of carbonyl (C=O) groups is 1. The number of aliphatic hydroxyl groups is 2. The van der Waals surface area contributed by atoms with Gasteiger partial charge in [0.1, 0.15) is 36.6 Å². The van der Waals surface area contributed by atoms with Crippen LogP contribution < -0.4 is 197 Å². The fourth-order valence-corrected chi connectivity index (χ4v) is 10.2. The molecule has 0 aliphatic carbocycles. The topological polar surface area (TPSA) is 373 Å². The van der Waals surface area contributed by atoms with Crippen molar-refractivity contribution in [2.75, 3.05) is 122 Å². The molecule has 0 atom stereocenters. The average Bonchev–Trinajstić information content (AvgIpc) is 0.782. The zero-order valence-electron chi connectivity index (χ0n) is 62.0. The van der Waals surface area contributed by atoms with Crippen molar-refractivity contribution in [3.05, 3.63) is 186 Å². The van der Waals surface area contributed by atoms with Gasteiger partial charge in [0.05, 0.1) is 34.3 Å². The molecule has 10 aromatic rings. The van der Waals surface area contributed by atoms with Gasteiger partial charge in [-0.15, -0.1) is 0 Å². The zero-order chi connectivity index (χ0) is 76.4. The van der Waals surface area contributed by atoms with Crippen LogP contribution >= 0.6 is 15.9 Å². The van der Waals surface area contributed by atoms with E-state index in [9.17, 15) is 27.9 Å². The summed E-state index contributed by atoms with van der Waals surface area (Å²) >= 11 is 3.00. The standard InChI is InChI=1S/C29H30O10S.C22H24O8.C20H20O7.C2H5BrO.CH2O3.2Cs.H/c1-19-5-9-22(10-6-19)40(31,32)38-14-13-35-24-12-8-21(16-26(24)36-17-33-3)28-29(37-18-34-4)27(30)23-11-7-20(2)15-25(23)39-28;1-14-4-6-16-18(10-14)30-21(22(20(16)24)29-13-26-3)15-5-7-17(27-9-8-23)19(11-15)28-12-25-2;1-12-4-6-14-16(8-12)27-19(20(18(14)22)26-11-24-3)13-5-7-15(21)17(9-13)25-10-23-2;3-1-2-4;2-1-4-3;;;/h5-12,15-16H,13-14,17-18H2,1-4H3;4-7,10-11,23H,8-9,12-13H2,1-3H3;4-9,21H,10-11H2,1-3H3;4H,1-2H2;1,3H;;;/q;;;;;2*+1;-1/p-1. The van der Waals surface area contributed by atoms with E-state index in [2.05, 4.69) is 20.8 Å². The quantitative estimate of drug-likeness (QED) is 0.0101. The van der Waals surface area contributed by atoms with Crippen LogP contribution in [0.15, 0.2) is 166 Å². The molecule has 0 unspecified atom stereocenters. The van der Waals surface area contributed by atoms with Gasteiger partial charge in [-0.25, -0.2) is 0 Å². The Balaban J connectivity index is 0.000000401. The van der Waals surface area contributed by atoms with Crippen LogP contribution in [0, 0.1) is 27.7 Å². The Morgan fingerprint density at radius 2 is 0.757 bits per heavy atom. The number of rotatable bonds is 32. The molecule has 10 rings (SSSR count). The van der Waals surface area contributed by atoms with Crippen LogP contribution in [0.3, 0.4) is 0 Å². The van der Waals surface area contributed by atoms with E-state index in [1.807, 2.05) is 45.9 Å². The van der Waals surface area contributed by atoms with Crippen LogP contribution in [-0.2, 0) is 52.4 Å². The molecule has 0 fully saturated rings. The van der Waals surface area contributed by atoms with Crippen molar-refractivity contribution in [3.8, 4) is 85.7 Å². The third kappa shape index (κ3) is 27.7. The fourth-order valence-electron chi connectivity index (χ4n) is 9.29. The number of ether oxygens (including phenoxy) is 14. The predicted octanol–water partition coefficient (Wildman–Crippen LogP) is 4.30. The van der Waals surface area contributed by atoms with Gasteiger partial charge in [-0.1, -0.05) is 51.8 Å². The summed E-state index contributed by atoms with van der Waals surface area (Å²) in [5.74, 6) is 2.18. The summed E-state index contributed by atoms with van der Waals surface area (Å²) in [5, 5.41) is 37.1. The minimum atomic E-state index is -3.93. The number of aromatic hydroxyl groups is 1. The van der Waals surface area contributed by atoms with Crippen LogP contribution in [0.2, 0.25) is 0 Å². The molecule has 7 aromatic carbocycles. The molecule has 0 bridgehead atoms. The first-order valence-corrected chi connectivity index (χ1v) is 34.0. The third-order valence-corrected chi connectivity index (χ3v) is 15.7. The number of phenols is 1. The van der Waals surface area contributed by atoms with Crippen molar-refractivity contribution < 1.29 is 262 Å². The number of halogens is 1. The Labute approximate surface area is 743 Å². The number of fused-ring (bicyclic) bond motifs is 3. The van der Waals surface area contributed by atoms with Crippen molar-refractivity contribution >= 4 is 65.4 Å². The maximum Gasteiger partial charge on any atom is 1.00 e. The Bertz CT molecular complexity index is 4750. The summed E-state index contributed by atoms with van der Waals surface area (Å²) in [6.07, 6.45) is 0. The normalized spacial score (nSPS) is 10.6. The Kier molecular flexibility index (Phi) is 43.0. The van der Waals surface area contributed by atoms with E-state index in [-0.39, 0.29) is 292 Å². The van der Waals surface area contributed by atoms with E-state index >= 15 is 0 Å². The first-order valence-electron chi connectivity index (χ1n) is 31.5. The largest absolute Gasteiger partial charge is 1.00 e. The maximum atomic E-state index is 13.3. The van der Waals surface area contributed by atoms with Crippen LogP contribution in [0.1, 0.15) is 23.7 Å². The van der Waals surface area contributed by atoms with Crippen molar-refractivity contribution in [2.24, 2.45) is 0 Å². The van der Waals surface area contributed by atoms with Crippen molar-refractivity contribution in [3.63, 3.8) is 0 Å². The molecule has 0 saturated carbocycles. The number of benzene rings is 7. The number of aliphatic hydroxyl groups excluding tert-OH is 2. The Morgan fingerprint density at radius 1 is 0.430 bits per heavy atom. The molecule has 566 valence electrons. The number of aryl methyl sites for hydroxylation is 4. The molecule has 29 nitrogen and oxygen atoms in total. The molecular weight excluding hydrogens is 1730 g/mol. The van der Waals surface area contributed by atoms with E-state index in [1.54, 1.807) is 97.1 Å². The van der Waals surface area contributed by atoms with E-state index < -0.39 is 10.1 Å². The van der Waals surface area contributed by atoms with E-state index in [0.717, 1.165) is 22.3 Å². The first kappa shape index (κ1) is 93.4. The Hall–Kier alpha value is -6.03. The number of phenolic OH excluding ortho intramolecular Hbond substituents is 1. The van der Waals surface area contributed by atoms with Crippen LogP contribution in [0.5, 0.6) is 51.7 Å². The van der Waals surface area contributed by atoms with Gasteiger partial charge in [-0.05, 0) is 148 Å². The van der Waals surface area contributed by atoms with E-state index in [1.165, 1.54) is 60.9 Å². The summed E-state index contributed by atoms with van der Waals surface area (Å²) in [4.78, 5) is 50.6. The van der Waals surface area contributed by atoms with Crippen LogP contribution in [0.25, 0.3) is 66.9 Å². The molecule has 107 heavy (non-hydrogen) atoms. The smallest absolute Gasteiger partial charge is 1.00 e. The van der Waals surface area contributed by atoms with Gasteiger partial charge in [0.2, 0.25) is 33.5 Å². The number of alkyl halides is 1. The van der Waals surface area contributed by atoms with Gasteiger partial charge >= 0.3 is 138 Å². The molecule has 0 amide bonds. The number of hydrogen-bond donors (Lipinski definition) is 3. The molecule has 0 aliphatic heterocycles. The summed E-state index contributed by atoms with van der Waals surface area (Å²) < 4.78 is 123. The van der Waals surface area contributed by atoms with Crippen molar-refractivity contribution in [1.29, 1.82) is 0 Å². The first-order chi connectivity index (χ1) is 50.7. The summed E-state index contributed by atoms with van der Waals surface area (Å²) in [5.41, 5.74) is 5.62. The molecule has 3 aromatic heterocycles. The van der Waals surface area contributed by atoms with Gasteiger partial charge in [-0.3, -0.25) is 23.4 Å². The maximum absolute atomic E-state index is 13.3. The second-order valence-electron chi connectivity index (χ2n) is 21.7. The van der Waals surface area contributed by atoms with Crippen LogP contribution in [-0.4, -0.2) is 152 Å². The monoisotopic (exact) mass is 1810 g/mol. The average molecular weight is 1810 g/mol. The molecule has 3 N–H and O–H groups in total. The molecule has 0 spiro atoms. The second-order valence-corrected chi connectivity index (χ2v) is 24.1. The number of hydrogen-bond acceptors (Lipinski definition) is 29. The molecule has 0 radical (unpaired) electrons. The third-order valence-electron chi connectivity index (χ3n) is 14.0. The number of carbonyl (C=O) groups excluding carboxylic acids is 1. The van der Waals surface area contributed by atoms with E-state index in [0.29, 0.717) is 72.2 Å². The van der Waals surface area contributed by atoms with Crippen molar-refractivity contribution in [1.82, 2.24) is 0 Å². The molecular formula is C74H81BrCs2O29S. The van der Waals surface area contributed by atoms with Crippen LogP contribution in [0.4, 0.5) is 0 Å². The van der Waals surface area contributed by atoms with Crippen molar-refractivity contribution in [2.45, 2.75) is 32.6 Å². The number of methoxy groups -OCH3 is 6.